The van der Waals surface area contributed by atoms with Gasteiger partial charge in [0.05, 0.1) is 53.6 Å². The van der Waals surface area contributed by atoms with Crippen LogP contribution in [-0.2, 0) is 9.53 Å². The predicted octanol–water partition coefficient (Wildman–Crippen LogP) is 3.95. The van der Waals surface area contributed by atoms with Crippen molar-refractivity contribution in [2.75, 3.05) is 6.54 Å². The normalized spacial score (nSPS) is 48.7. The van der Waals surface area contributed by atoms with Crippen LogP contribution in [0.2, 0.25) is 0 Å². The molecule has 2 bridgehead atoms. The zero-order chi connectivity index (χ0) is 40.8. The number of nitrogens with two attached hydrogens (primary N) is 1. The van der Waals surface area contributed by atoms with E-state index in [0.717, 1.165) is 37.2 Å². The van der Waals surface area contributed by atoms with E-state index in [9.17, 15) is 30.6 Å². The van der Waals surface area contributed by atoms with Crippen LogP contribution in [-0.4, -0.2) is 97.0 Å². The van der Waals surface area contributed by atoms with Crippen molar-refractivity contribution >= 4 is 5.78 Å². The van der Waals surface area contributed by atoms with Crippen molar-refractivity contribution in [2.45, 2.75) is 179 Å². The average Bonchev–Trinajstić information content (AvgIpc) is 3.55. The summed E-state index contributed by atoms with van der Waals surface area (Å²) in [5.74, 6) is -0.821. The molecule has 2 heterocycles. The lowest BCUT2D eigenvalue weighted by Gasteiger charge is -2.67. The third-order valence-electron chi connectivity index (χ3n) is 17.8. The Labute approximate surface area is 340 Å². The summed E-state index contributed by atoms with van der Waals surface area (Å²) in [6.07, 6.45) is 12.2. The Bertz CT molecular complexity index is 1630. The molecule has 5 saturated carbocycles. The van der Waals surface area contributed by atoms with Gasteiger partial charge in [-0.1, -0.05) is 46.1 Å². The highest BCUT2D eigenvalue weighted by Crippen LogP contribution is 2.73. The van der Waals surface area contributed by atoms with Crippen molar-refractivity contribution in [3.05, 3.63) is 35.2 Å². The van der Waals surface area contributed by atoms with E-state index in [4.69, 9.17) is 10.5 Å². The molecule has 19 unspecified atom stereocenters. The lowest BCUT2D eigenvalue weighted by molar-refractivity contribution is -0.217. The van der Waals surface area contributed by atoms with Gasteiger partial charge in [-0.25, -0.2) is 0 Å². The largest absolute Gasteiger partial charge is 0.392 e. The van der Waals surface area contributed by atoms with Crippen LogP contribution in [0, 0.1) is 58.2 Å². The molecule has 10 N–H and O–H groups in total. The van der Waals surface area contributed by atoms with Crippen molar-refractivity contribution < 1.29 is 40.2 Å². The van der Waals surface area contributed by atoms with Gasteiger partial charge in [0.2, 0.25) is 0 Å². The van der Waals surface area contributed by atoms with Gasteiger partial charge < -0.3 is 51.7 Å². The van der Waals surface area contributed by atoms with Crippen molar-refractivity contribution in [1.29, 1.82) is 0 Å². The number of hydrogen-bond acceptors (Lipinski definition) is 11. The summed E-state index contributed by atoms with van der Waals surface area (Å²) in [4.78, 5) is 15.3. The molecule has 8 aliphatic rings. The van der Waals surface area contributed by atoms with Gasteiger partial charge in [-0.2, -0.15) is 0 Å². The zero-order valence-electron chi connectivity index (χ0n) is 35.1. The number of rotatable bonds is 10. The van der Waals surface area contributed by atoms with E-state index in [1.54, 1.807) is 13.8 Å². The maximum Gasteiger partial charge on any atom is 0.182 e. The van der Waals surface area contributed by atoms with E-state index < -0.39 is 70.3 Å². The van der Waals surface area contributed by atoms with Crippen molar-refractivity contribution in [2.24, 2.45) is 63.9 Å². The summed E-state index contributed by atoms with van der Waals surface area (Å²) in [5.41, 5.74) is 3.40. The molecule has 11 heteroatoms. The van der Waals surface area contributed by atoms with E-state index in [1.165, 1.54) is 19.3 Å². The first-order chi connectivity index (χ1) is 27.0. The molecule has 0 aromatic heterocycles. The molecular formula is C46H73N3O8. The molecule has 0 radical (unpaired) electrons. The number of carbonyl (C=O) groups is 1. The molecular weight excluding hydrogens is 723 g/mol. The van der Waals surface area contributed by atoms with E-state index >= 15 is 4.79 Å². The Kier molecular flexibility index (Phi) is 11.2. The molecule has 0 aromatic carbocycles. The second-order valence-electron chi connectivity index (χ2n) is 20.8. The van der Waals surface area contributed by atoms with Gasteiger partial charge in [0, 0.05) is 24.1 Å². The second-order valence-corrected chi connectivity index (χ2v) is 20.8. The van der Waals surface area contributed by atoms with Crippen LogP contribution in [0.5, 0.6) is 0 Å². The predicted molar refractivity (Wildman–Crippen MR) is 217 cm³/mol. The van der Waals surface area contributed by atoms with E-state index in [2.05, 4.69) is 24.5 Å². The number of aliphatic hydroxyl groups is 6. The van der Waals surface area contributed by atoms with Crippen LogP contribution in [0.1, 0.15) is 125 Å². The number of carbonyl (C=O) groups excluding carboxylic acids is 1. The number of fused-ring (bicyclic) bond motifs is 4. The minimum Gasteiger partial charge on any atom is -0.392 e. The van der Waals surface area contributed by atoms with Gasteiger partial charge in [0.15, 0.2) is 5.78 Å². The van der Waals surface area contributed by atoms with Crippen molar-refractivity contribution in [3.8, 4) is 0 Å². The van der Waals surface area contributed by atoms with Crippen LogP contribution in [0.15, 0.2) is 35.2 Å². The number of allylic oxidation sites excluding steroid dienone is 3. The smallest absolute Gasteiger partial charge is 0.182 e. The zero-order valence-corrected chi connectivity index (χ0v) is 35.1. The first-order valence-electron chi connectivity index (χ1n) is 22.7. The van der Waals surface area contributed by atoms with Gasteiger partial charge >= 0.3 is 0 Å². The lowest BCUT2D eigenvalue weighted by Crippen LogP contribution is -2.70. The quantitative estimate of drug-likeness (QED) is 0.155. The molecule has 320 valence electrons. The van der Waals surface area contributed by atoms with Crippen molar-refractivity contribution in [1.82, 2.24) is 10.6 Å². The molecule has 0 spiro atoms. The monoisotopic (exact) mass is 796 g/mol. The number of Topliss-reactive ketones (excluding diaryl/α,β-unsaturated/α-hetero) is 1. The summed E-state index contributed by atoms with van der Waals surface area (Å²) in [7, 11) is 0. The SMILES string of the molecule is CCCC1CCC2OC(C(O)C(C)(O)C3CCC4(O)C5=C(NCC(C)O)C(=O)C6C7CCC(CC8=CNC(N)C=C8)C6(CC(O)C7O)C5CCC34C)C(C)C2CC1. The molecule has 19 atom stereocenters. The van der Waals surface area contributed by atoms with Gasteiger partial charge in [-0.05, 0) is 149 Å². The number of aliphatic hydroxyl groups excluding tert-OH is 4. The maximum absolute atomic E-state index is 15.3. The fourth-order valence-electron chi connectivity index (χ4n) is 15.1. The van der Waals surface area contributed by atoms with Gasteiger partial charge in [-0.15, -0.1) is 0 Å². The van der Waals surface area contributed by atoms with E-state index in [0.29, 0.717) is 55.7 Å². The maximum atomic E-state index is 15.3. The molecule has 2 aliphatic heterocycles. The molecule has 57 heavy (non-hydrogen) atoms. The first kappa shape index (κ1) is 41.9. The topological polar surface area (TPSA) is 198 Å². The average molecular weight is 796 g/mol. The minimum absolute atomic E-state index is 0.0173. The fourth-order valence-corrected chi connectivity index (χ4v) is 15.1. The Hall–Kier alpha value is -1.83. The number of nitrogens with one attached hydrogen (secondary N) is 2. The molecule has 6 fully saturated rings. The van der Waals surface area contributed by atoms with Crippen molar-refractivity contribution in [3.63, 3.8) is 0 Å². The second kappa shape index (κ2) is 15.3. The van der Waals surface area contributed by atoms with Gasteiger partial charge in [-0.3, -0.25) is 4.79 Å². The minimum atomic E-state index is -1.59. The summed E-state index contributed by atoms with van der Waals surface area (Å²) in [6, 6.07) is 0. The third kappa shape index (κ3) is 6.45. The summed E-state index contributed by atoms with van der Waals surface area (Å²) >= 11 is 0. The summed E-state index contributed by atoms with van der Waals surface area (Å²) in [5, 5.41) is 78.8. The van der Waals surface area contributed by atoms with Crippen LogP contribution in [0.4, 0.5) is 0 Å². The Balaban J connectivity index is 1.16. The van der Waals surface area contributed by atoms with Crippen LogP contribution in [0.25, 0.3) is 0 Å². The van der Waals surface area contributed by atoms with Gasteiger partial charge in [0.1, 0.15) is 6.10 Å². The molecule has 0 aromatic rings. The fraction of sp³-hybridized carbons (Fsp3) is 0.848. The summed E-state index contributed by atoms with van der Waals surface area (Å²) < 4.78 is 6.73. The third-order valence-corrected chi connectivity index (χ3v) is 17.8. The van der Waals surface area contributed by atoms with Crippen LogP contribution in [0.3, 0.4) is 0 Å². The Morgan fingerprint density at radius 1 is 1.07 bits per heavy atom. The Morgan fingerprint density at radius 3 is 2.51 bits per heavy atom. The molecule has 8 rings (SSSR count). The van der Waals surface area contributed by atoms with Crippen LogP contribution < -0.4 is 16.4 Å². The number of ether oxygens (including phenoxy) is 1. The number of hydrogen-bond donors (Lipinski definition) is 9. The molecule has 1 saturated heterocycles. The molecule has 0 amide bonds. The van der Waals surface area contributed by atoms with Crippen LogP contribution >= 0.6 is 0 Å². The first-order valence-corrected chi connectivity index (χ1v) is 22.7. The Morgan fingerprint density at radius 2 is 1.81 bits per heavy atom. The number of ketones is 1. The molecule has 11 nitrogen and oxygen atoms in total. The summed E-state index contributed by atoms with van der Waals surface area (Å²) in [6.45, 7) is 9.98. The van der Waals surface area contributed by atoms with E-state index in [1.807, 2.05) is 25.3 Å². The van der Waals surface area contributed by atoms with Gasteiger partial charge in [0.25, 0.3) is 0 Å². The highest BCUT2D eigenvalue weighted by Gasteiger charge is 2.74. The number of dihydropyridines is 1. The lowest BCUT2D eigenvalue weighted by atomic mass is 9.37. The molecule has 6 aliphatic carbocycles. The van der Waals surface area contributed by atoms with E-state index in [-0.39, 0.29) is 48.8 Å². The highest BCUT2D eigenvalue weighted by atomic mass is 16.5. The standard InChI is InChI=1S/C46H73N3O8/c1-6-7-26-8-12-29-25(3)41(57-33(29)14-9-26)42(54)44(5,55)34-17-19-46(56)37-31(16-18-43(34,46)4)45-21-32(51)39(52)30(36(45)40(53)38(37)49-22-24(2)50)13-11-28(45)20-27-10-15-35(47)48-23-27/h10,15,23-26,28-36,39,41-42,48-52,54-56H,6-9,11-14,16-22,47H2,1-5H3. The highest BCUT2D eigenvalue weighted by molar-refractivity contribution is 6.00.